The molecule has 0 radical (unpaired) electrons. The highest BCUT2D eigenvalue weighted by Crippen LogP contribution is 2.35. The fourth-order valence-electron chi connectivity index (χ4n) is 4.66. The van der Waals surface area contributed by atoms with Crippen molar-refractivity contribution in [2.24, 2.45) is 0 Å². The second-order valence-corrected chi connectivity index (χ2v) is 8.43. The van der Waals surface area contributed by atoms with E-state index in [9.17, 15) is 14.0 Å². The molecule has 0 spiro atoms. The summed E-state index contributed by atoms with van der Waals surface area (Å²) < 4.78 is 27.6. The smallest absolute Gasteiger partial charge is 0.254 e. The minimum atomic E-state index is -0.554. The lowest BCUT2D eigenvalue weighted by Crippen LogP contribution is -2.48. The van der Waals surface area contributed by atoms with Gasteiger partial charge in [0.15, 0.2) is 11.5 Å². The van der Waals surface area contributed by atoms with E-state index < -0.39 is 6.04 Å². The molecule has 3 heterocycles. The zero-order valence-electron chi connectivity index (χ0n) is 18.9. The normalized spacial score (nSPS) is 16.3. The minimum Gasteiger partial charge on any atom is -0.454 e. The Morgan fingerprint density at radius 1 is 1.06 bits per heavy atom. The van der Waals surface area contributed by atoms with Gasteiger partial charge >= 0.3 is 0 Å². The van der Waals surface area contributed by atoms with Crippen LogP contribution in [0.4, 0.5) is 4.39 Å². The van der Waals surface area contributed by atoms with Crippen LogP contribution in [0.25, 0.3) is 0 Å². The average molecular weight is 464 g/mol. The van der Waals surface area contributed by atoms with Crippen LogP contribution in [0.1, 0.15) is 41.0 Å². The molecule has 0 N–H and O–H groups in total. The van der Waals surface area contributed by atoms with Gasteiger partial charge in [0.1, 0.15) is 18.4 Å². The molecule has 2 aliphatic rings. The molecule has 176 valence electrons. The van der Waals surface area contributed by atoms with Gasteiger partial charge in [-0.2, -0.15) is 0 Å². The predicted molar refractivity (Wildman–Crippen MR) is 123 cm³/mol. The zero-order chi connectivity index (χ0) is 23.7. The summed E-state index contributed by atoms with van der Waals surface area (Å²) in [4.78, 5) is 30.1. The number of nitrogens with zero attached hydrogens (tertiary/aromatic N) is 3. The summed E-state index contributed by atoms with van der Waals surface area (Å²) in [6, 6.07) is 14.8. The first-order valence-electron chi connectivity index (χ1n) is 11.4. The van der Waals surface area contributed by atoms with E-state index in [-0.39, 0.29) is 31.0 Å². The van der Waals surface area contributed by atoms with Gasteiger partial charge in [-0.3, -0.25) is 9.59 Å². The summed E-state index contributed by atoms with van der Waals surface area (Å²) in [5.74, 6) is 0.283. The molecule has 7 nitrogen and oxygen atoms in total. The summed E-state index contributed by atoms with van der Waals surface area (Å²) in [5, 5.41) is 0. The molecular formula is C26H26FN3O4. The number of rotatable bonds is 6. The summed E-state index contributed by atoms with van der Waals surface area (Å²) in [6.45, 7) is 3.46. The first-order valence-corrected chi connectivity index (χ1v) is 11.4. The monoisotopic (exact) mass is 463 g/mol. The highest BCUT2D eigenvalue weighted by Gasteiger charge is 2.35. The Kier molecular flexibility index (Phi) is 5.96. The van der Waals surface area contributed by atoms with Crippen molar-refractivity contribution in [3.63, 3.8) is 0 Å². The second kappa shape index (κ2) is 9.21. The summed E-state index contributed by atoms with van der Waals surface area (Å²) in [7, 11) is 0. The van der Waals surface area contributed by atoms with Gasteiger partial charge in [-0.05, 0) is 42.8 Å². The van der Waals surface area contributed by atoms with Crippen molar-refractivity contribution in [3.8, 4) is 11.5 Å². The third kappa shape index (κ3) is 4.00. The number of carbonyl (C=O) groups excluding carboxylic acids is 2. The third-order valence-electron chi connectivity index (χ3n) is 6.28. The van der Waals surface area contributed by atoms with E-state index >= 15 is 0 Å². The lowest BCUT2D eigenvalue weighted by molar-refractivity contribution is -0.134. The maximum Gasteiger partial charge on any atom is 0.254 e. The molecule has 0 fully saturated rings. The van der Waals surface area contributed by atoms with Crippen LogP contribution < -0.4 is 9.47 Å². The standard InChI is InChI=1S/C26H26FN3O4/c1-2-11-29(26(32)18-9-10-22-23(15-18)34-17-33-22)16-24(31)30-14-13-28-12-5-8-21(28)25(30)19-6-3-4-7-20(19)27/h3-10,12,15,25H,2,11,13-14,16-17H2,1H3. The number of benzene rings is 2. The van der Waals surface area contributed by atoms with E-state index in [1.165, 1.54) is 6.07 Å². The highest BCUT2D eigenvalue weighted by atomic mass is 19.1. The quantitative estimate of drug-likeness (QED) is 0.557. The van der Waals surface area contributed by atoms with E-state index in [2.05, 4.69) is 0 Å². The topological polar surface area (TPSA) is 64.0 Å². The van der Waals surface area contributed by atoms with Gasteiger partial charge in [-0.25, -0.2) is 4.39 Å². The number of hydrogen-bond acceptors (Lipinski definition) is 4. The molecule has 0 bridgehead atoms. The molecule has 0 aliphatic carbocycles. The van der Waals surface area contributed by atoms with Crippen LogP contribution in [0.15, 0.2) is 60.8 Å². The van der Waals surface area contributed by atoms with Gasteiger partial charge in [0.05, 0.1) is 0 Å². The maximum atomic E-state index is 14.8. The molecule has 0 saturated heterocycles. The Balaban J connectivity index is 1.41. The van der Waals surface area contributed by atoms with Crippen LogP contribution in [0, 0.1) is 5.82 Å². The Hall–Kier alpha value is -3.81. The zero-order valence-corrected chi connectivity index (χ0v) is 18.9. The Bertz CT molecular complexity index is 1220. The van der Waals surface area contributed by atoms with Gasteiger partial charge in [0.25, 0.3) is 5.91 Å². The molecule has 0 saturated carbocycles. The SMILES string of the molecule is CCCN(CC(=O)N1CCn2cccc2C1c1ccccc1F)C(=O)c1ccc2c(c1)OCO2. The van der Waals surface area contributed by atoms with Crippen LogP contribution in [0.3, 0.4) is 0 Å². The molecule has 3 aromatic rings. The largest absolute Gasteiger partial charge is 0.454 e. The molecule has 5 rings (SSSR count). The molecule has 2 aromatic carbocycles. The van der Waals surface area contributed by atoms with E-state index in [0.717, 1.165) is 5.69 Å². The van der Waals surface area contributed by atoms with Gasteiger partial charge in [-0.1, -0.05) is 25.1 Å². The average Bonchev–Trinajstić information content (AvgIpc) is 3.52. The summed E-state index contributed by atoms with van der Waals surface area (Å²) in [5.41, 5.74) is 1.73. The Morgan fingerprint density at radius 2 is 1.88 bits per heavy atom. The van der Waals surface area contributed by atoms with Gasteiger partial charge in [-0.15, -0.1) is 0 Å². The van der Waals surface area contributed by atoms with Crippen molar-refractivity contribution in [1.29, 1.82) is 0 Å². The van der Waals surface area contributed by atoms with E-state index in [1.807, 2.05) is 29.8 Å². The minimum absolute atomic E-state index is 0.0905. The summed E-state index contributed by atoms with van der Waals surface area (Å²) in [6.07, 6.45) is 2.64. The molecule has 1 atom stereocenters. The van der Waals surface area contributed by atoms with Gasteiger partial charge in [0.2, 0.25) is 12.7 Å². The lowest BCUT2D eigenvalue weighted by atomic mass is 9.99. The second-order valence-electron chi connectivity index (χ2n) is 8.43. The number of ether oxygens (including phenoxy) is 2. The van der Waals surface area contributed by atoms with Crippen LogP contribution in [-0.2, 0) is 11.3 Å². The number of aromatic nitrogens is 1. The number of halogens is 1. The molecule has 2 amide bonds. The fraction of sp³-hybridized carbons (Fsp3) is 0.308. The lowest BCUT2D eigenvalue weighted by Gasteiger charge is -2.38. The van der Waals surface area contributed by atoms with Gasteiger partial charge in [0, 0.05) is 42.7 Å². The highest BCUT2D eigenvalue weighted by molar-refractivity contribution is 5.97. The third-order valence-corrected chi connectivity index (χ3v) is 6.28. The first kappa shape index (κ1) is 22.0. The van der Waals surface area contributed by atoms with Crippen LogP contribution in [-0.4, -0.2) is 52.6 Å². The van der Waals surface area contributed by atoms with Crippen molar-refractivity contribution >= 4 is 11.8 Å². The van der Waals surface area contributed by atoms with Crippen molar-refractivity contribution in [2.75, 3.05) is 26.4 Å². The number of fused-ring (bicyclic) bond motifs is 2. The van der Waals surface area contributed by atoms with Crippen molar-refractivity contribution in [1.82, 2.24) is 14.4 Å². The van der Waals surface area contributed by atoms with E-state index in [0.29, 0.717) is 48.7 Å². The van der Waals surface area contributed by atoms with Crippen molar-refractivity contribution in [3.05, 3.63) is 83.4 Å². The number of amides is 2. The number of carbonyl (C=O) groups is 2. The molecule has 1 aromatic heterocycles. The molecule has 2 aliphatic heterocycles. The fourth-order valence-corrected chi connectivity index (χ4v) is 4.66. The van der Waals surface area contributed by atoms with Crippen LogP contribution in [0.2, 0.25) is 0 Å². The first-order chi connectivity index (χ1) is 16.6. The molecule has 34 heavy (non-hydrogen) atoms. The Labute approximate surface area is 197 Å². The van der Waals surface area contributed by atoms with E-state index in [4.69, 9.17) is 9.47 Å². The number of hydrogen-bond donors (Lipinski definition) is 0. The van der Waals surface area contributed by atoms with Crippen LogP contribution in [0.5, 0.6) is 11.5 Å². The van der Waals surface area contributed by atoms with E-state index in [1.54, 1.807) is 46.2 Å². The molecular weight excluding hydrogens is 437 g/mol. The van der Waals surface area contributed by atoms with Crippen molar-refractivity contribution in [2.45, 2.75) is 25.9 Å². The Morgan fingerprint density at radius 3 is 2.71 bits per heavy atom. The predicted octanol–water partition coefficient (Wildman–Crippen LogP) is 3.84. The van der Waals surface area contributed by atoms with Crippen molar-refractivity contribution < 1.29 is 23.5 Å². The van der Waals surface area contributed by atoms with Crippen LogP contribution >= 0.6 is 0 Å². The maximum absolute atomic E-state index is 14.8. The molecule has 8 heteroatoms. The molecule has 1 unspecified atom stereocenters. The van der Waals surface area contributed by atoms with Gasteiger partial charge < -0.3 is 23.8 Å². The summed E-state index contributed by atoms with van der Waals surface area (Å²) >= 11 is 0.